The summed E-state index contributed by atoms with van der Waals surface area (Å²) in [5.41, 5.74) is 0.152. The molecule has 0 radical (unpaired) electrons. The fraction of sp³-hybridized carbons (Fsp3) is 0.957. The molecule has 2 nitrogen and oxygen atoms in total. The van der Waals surface area contributed by atoms with Gasteiger partial charge in [0.25, 0.3) is 0 Å². The quantitative estimate of drug-likeness (QED) is 0.436. The molecule has 0 rings (SSSR count). The smallest absolute Gasteiger partial charge is 0.227 e. The fourth-order valence-electron chi connectivity index (χ4n) is 3.83. The third-order valence-corrected chi connectivity index (χ3v) is 5.01. The van der Waals surface area contributed by atoms with Crippen molar-refractivity contribution in [3.8, 4) is 0 Å². The Balaban J connectivity index is -0.00000123. The van der Waals surface area contributed by atoms with Gasteiger partial charge in [-0.05, 0) is 41.8 Å². The average Bonchev–Trinajstić information content (AvgIpc) is 2.47. The highest BCUT2D eigenvalue weighted by atomic mass is 32.1. The van der Waals surface area contributed by atoms with Gasteiger partial charge in [-0.25, -0.2) is 0 Å². The molecule has 0 saturated heterocycles. The Morgan fingerprint density at radius 1 is 0.923 bits per heavy atom. The summed E-state index contributed by atoms with van der Waals surface area (Å²) in [6, 6.07) is 0. The summed E-state index contributed by atoms with van der Waals surface area (Å²) in [6.07, 6.45) is 3.76. The van der Waals surface area contributed by atoms with E-state index in [9.17, 15) is 4.79 Å². The Morgan fingerprint density at radius 3 is 1.62 bits per heavy atom. The summed E-state index contributed by atoms with van der Waals surface area (Å²) in [5.74, 6) is 1.46. The summed E-state index contributed by atoms with van der Waals surface area (Å²) in [4.78, 5) is 14.8. The monoisotopic (exact) mass is 389 g/mol. The van der Waals surface area contributed by atoms with E-state index < -0.39 is 0 Å². The molecule has 0 aromatic rings. The normalized spacial score (nSPS) is 12.2. The number of hydrogen-bond acceptors (Lipinski definition) is 2. The summed E-state index contributed by atoms with van der Waals surface area (Å²) in [7, 11) is 1.97. The second-order valence-corrected chi connectivity index (χ2v) is 10.1. The van der Waals surface area contributed by atoms with E-state index in [0.29, 0.717) is 17.3 Å². The molecule has 0 fully saturated rings. The molecule has 1 amide bonds. The summed E-state index contributed by atoms with van der Waals surface area (Å²) in [6.45, 7) is 27.2. The van der Waals surface area contributed by atoms with Crippen LogP contribution in [0.25, 0.3) is 0 Å². The largest absolute Gasteiger partial charge is 0.345 e. The minimum absolute atomic E-state index is 0.131. The molecule has 0 saturated carbocycles. The van der Waals surface area contributed by atoms with Gasteiger partial charge in [0.2, 0.25) is 5.91 Å². The van der Waals surface area contributed by atoms with E-state index in [2.05, 4.69) is 81.9 Å². The van der Waals surface area contributed by atoms with E-state index in [1.807, 2.05) is 25.8 Å². The highest BCUT2D eigenvalue weighted by molar-refractivity contribution is 7.79. The van der Waals surface area contributed by atoms with Crippen LogP contribution in [0.2, 0.25) is 0 Å². The van der Waals surface area contributed by atoms with Gasteiger partial charge in [0.1, 0.15) is 0 Å². The van der Waals surface area contributed by atoms with E-state index in [1.54, 1.807) is 6.26 Å². The van der Waals surface area contributed by atoms with Crippen molar-refractivity contribution in [2.75, 3.05) is 19.8 Å². The summed E-state index contributed by atoms with van der Waals surface area (Å²) in [5, 5.41) is 0. The lowest BCUT2D eigenvalue weighted by Crippen LogP contribution is -2.44. The lowest BCUT2D eigenvalue weighted by atomic mass is 9.69. The van der Waals surface area contributed by atoms with Gasteiger partial charge >= 0.3 is 0 Å². The second-order valence-electron chi connectivity index (χ2n) is 10.1. The van der Waals surface area contributed by atoms with Crippen LogP contribution in [0, 0.1) is 28.1 Å². The molecule has 0 aliphatic heterocycles. The molecule has 0 bridgehead atoms. The van der Waals surface area contributed by atoms with E-state index in [0.717, 1.165) is 19.4 Å². The molecule has 0 unspecified atom stereocenters. The van der Waals surface area contributed by atoms with Gasteiger partial charge < -0.3 is 4.90 Å². The maximum atomic E-state index is 12.8. The lowest BCUT2D eigenvalue weighted by molar-refractivity contribution is -0.141. The molecule has 0 atom stereocenters. The van der Waals surface area contributed by atoms with Crippen molar-refractivity contribution in [3.05, 3.63) is 0 Å². The molecular formula is C23H51NOS. The van der Waals surface area contributed by atoms with Crippen molar-refractivity contribution in [1.82, 2.24) is 4.90 Å². The van der Waals surface area contributed by atoms with Crippen LogP contribution in [0.5, 0.6) is 0 Å². The standard InChI is InChI=1S/C20H41NO.C2H6.CH4S/c1-15(2)12-19(7,8)17(22)21(11)14-18(5,6)13-20(9,10)16(3)4;2*1-2/h15-16H,12-14H2,1-11H3;1-2H3;2H,1H3. The summed E-state index contributed by atoms with van der Waals surface area (Å²) < 4.78 is 0. The predicted octanol–water partition coefficient (Wildman–Crippen LogP) is 7.19. The Morgan fingerprint density at radius 2 is 1.31 bits per heavy atom. The van der Waals surface area contributed by atoms with Crippen molar-refractivity contribution in [3.63, 3.8) is 0 Å². The number of rotatable bonds is 8. The minimum atomic E-state index is -0.271. The number of carbonyl (C=O) groups is 1. The molecule has 0 heterocycles. The topological polar surface area (TPSA) is 20.3 Å². The van der Waals surface area contributed by atoms with Crippen molar-refractivity contribution in [1.29, 1.82) is 0 Å². The zero-order chi connectivity index (χ0) is 21.9. The van der Waals surface area contributed by atoms with Crippen molar-refractivity contribution in [2.24, 2.45) is 28.1 Å². The van der Waals surface area contributed by atoms with Gasteiger partial charge in [0.15, 0.2) is 0 Å². The van der Waals surface area contributed by atoms with Crippen LogP contribution in [-0.2, 0) is 4.79 Å². The van der Waals surface area contributed by atoms with Crippen LogP contribution < -0.4 is 0 Å². The van der Waals surface area contributed by atoms with Gasteiger partial charge in [0, 0.05) is 19.0 Å². The second kappa shape index (κ2) is 13.1. The van der Waals surface area contributed by atoms with Gasteiger partial charge in [-0.1, -0.05) is 83.1 Å². The van der Waals surface area contributed by atoms with Crippen LogP contribution in [-0.4, -0.2) is 30.7 Å². The van der Waals surface area contributed by atoms with E-state index in [1.165, 1.54) is 0 Å². The molecule has 0 aliphatic rings. The lowest BCUT2D eigenvalue weighted by Gasteiger charge is -2.41. The Bertz CT molecular complexity index is 370. The maximum Gasteiger partial charge on any atom is 0.227 e. The molecule has 0 aliphatic carbocycles. The number of amides is 1. The van der Waals surface area contributed by atoms with Gasteiger partial charge in [-0.3, -0.25) is 4.79 Å². The van der Waals surface area contributed by atoms with Gasteiger partial charge in [-0.2, -0.15) is 12.6 Å². The predicted molar refractivity (Wildman–Crippen MR) is 124 cm³/mol. The van der Waals surface area contributed by atoms with E-state index in [4.69, 9.17) is 0 Å². The molecule has 0 aromatic heterocycles. The van der Waals surface area contributed by atoms with Crippen LogP contribution in [0.4, 0.5) is 0 Å². The van der Waals surface area contributed by atoms with Crippen LogP contribution in [0.1, 0.15) is 95.9 Å². The molecule has 0 N–H and O–H groups in total. The Hall–Kier alpha value is -0.180. The first-order valence-corrected chi connectivity index (χ1v) is 11.2. The molecule has 3 heteroatoms. The van der Waals surface area contributed by atoms with Gasteiger partial charge in [0.05, 0.1) is 0 Å². The first-order valence-electron chi connectivity index (χ1n) is 10.3. The third-order valence-electron chi connectivity index (χ3n) is 5.01. The van der Waals surface area contributed by atoms with Crippen molar-refractivity contribution < 1.29 is 4.79 Å². The fourth-order valence-corrected chi connectivity index (χ4v) is 3.83. The zero-order valence-corrected chi connectivity index (χ0v) is 21.5. The van der Waals surface area contributed by atoms with Crippen LogP contribution >= 0.6 is 12.6 Å². The number of carbonyl (C=O) groups excluding carboxylic acids is 1. The minimum Gasteiger partial charge on any atom is -0.345 e. The van der Waals surface area contributed by atoms with E-state index in [-0.39, 0.29) is 16.7 Å². The molecule has 0 spiro atoms. The number of thiol groups is 1. The molecular weight excluding hydrogens is 338 g/mol. The van der Waals surface area contributed by atoms with Crippen LogP contribution in [0.3, 0.4) is 0 Å². The average molecular weight is 390 g/mol. The van der Waals surface area contributed by atoms with Crippen molar-refractivity contribution >= 4 is 18.5 Å². The first-order chi connectivity index (χ1) is 11.6. The molecule has 160 valence electrons. The highest BCUT2D eigenvalue weighted by Gasteiger charge is 2.36. The Kier molecular flexibility index (Phi) is 15.4. The van der Waals surface area contributed by atoms with Crippen molar-refractivity contribution in [2.45, 2.75) is 95.9 Å². The third kappa shape index (κ3) is 12.3. The van der Waals surface area contributed by atoms with Crippen LogP contribution in [0.15, 0.2) is 0 Å². The first kappa shape index (κ1) is 30.5. The molecule has 0 aromatic carbocycles. The highest BCUT2D eigenvalue weighted by Crippen LogP contribution is 2.40. The number of nitrogens with zero attached hydrogens (tertiary/aromatic N) is 1. The summed E-state index contributed by atoms with van der Waals surface area (Å²) >= 11 is 3.53. The Labute approximate surface area is 172 Å². The number of hydrogen-bond donors (Lipinski definition) is 1. The maximum absolute atomic E-state index is 12.8. The SMILES string of the molecule is CC.CC(C)CC(C)(C)C(=O)N(C)CC(C)(C)CC(C)(C)C(C)C.CS. The zero-order valence-electron chi connectivity index (χ0n) is 20.6. The molecule has 26 heavy (non-hydrogen) atoms. The van der Waals surface area contributed by atoms with Gasteiger partial charge in [-0.15, -0.1) is 0 Å². The van der Waals surface area contributed by atoms with E-state index >= 15 is 0 Å².